The molecule has 3 aromatic heterocycles. The summed E-state index contributed by atoms with van der Waals surface area (Å²) < 4.78 is 2.06. The molecule has 0 aliphatic heterocycles. The Morgan fingerprint density at radius 1 is 1.12 bits per heavy atom. The average molecular weight is 419 g/mol. The molecule has 0 radical (unpaired) electrons. The van der Waals surface area contributed by atoms with Gasteiger partial charge < -0.3 is 4.57 Å². The maximum atomic E-state index is 6.26. The van der Waals surface area contributed by atoms with Gasteiger partial charge in [0.2, 0.25) is 0 Å². The van der Waals surface area contributed by atoms with Crippen LogP contribution in [-0.2, 0) is 19.2 Å². The van der Waals surface area contributed by atoms with E-state index in [2.05, 4.69) is 37.7 Å². The predicted molar refractivity (Wildman–Crippen MR) is 110 cm³/mol. The predicted octanol–water partition coefficient (Wildman–Crippen LogP) is 5.54. The largest absolute Gasteiger partial charge is 0.309 e. The number of nitrogens with zero attached hydrogens (tertiary/aromatic N) is 4. The molecule has 4 aromatic rings. The Hall–Kier alpha value is -1.67. The van der Waals surface area contributed by atoms with E-state index in [-0.39, 0.29) is 0 Å². The van der Waals surface area contributed by atoms with Crippen LogP contribution in [0.2, 0.25) is 5.02 Å². The Kier molecular flexibility index (Phi) is 5.40. The van der Waals surface area contributed by atoms with Gasteiger partial charge in [-0.15, -0.1) is 32.9 Å². The molecule has 0 amide bonds. The zero-order chi connectivity index (χ0) is 17.9. The molecule has 0 aliphatic rings. The highest BCUT2D eigenvalue weighted by Gasteiger charge is 2.12. The third-order valence-electron chi connectivity index (χ3n) is 3.84. The minimum atomic E-state index is 0.729. The van der Waals surface area contributed by atoms with Crippen LogP contribution in [0.3, 0.4) is 0 Å². The second-order valence-electron chi connectivity index (χ2n) is 5.63. The third-order valence-corrected chi connectivity index (χ3v) is 7.03. The minimum Gasteiger partial charge on any atom is -0.309 e. The van der Waals surface area contributed by atoms with Crippen molar-refractivity contribution in [3.05, 3.63) is 68.6 Å². The highest BCUT2D eigenvalue weighted by atomic mass is 35.5. The zero-order valence-electron chi connectivity index (χ0n) is 13.9. The smallest absolute Gasteiger partial charge is 0.191 e. The van der Waals surface area contributed by atoms with Gasteiger partial charge in [-0.25, -0.2) is 4.98 Å². The highest BCUT2D eigenvalue weighted by Crippen LogP contribution is 2.31. The molecule has 0 aliphatic carbocycles. The monoisotopic (exact) mass is 418 g/mol. The van der Waals surface area contributed by atoms with Gasteiger partial charge in [-0.3, -0.25) is 0 Å². The molecular weight excluding hydrogens is 404 g/mol. The molecule has 8 heteroatoms. The summed E-state index contributed by atoms with van der Waals surface area (Å²) in [5, 5.41) is 15.4. The second-order valence-corrected chi connectivity index (χ2v) is 8.87. The van der Waals surface area contributed by atoms with Crippen molar-refractivity contribution in [2.45, 2.75) is 17.3 Å². The topological polar surface area (TPSA) is 43.6 Å². The molecule has 26 heavy (non-hydrogen) atoms. The van der Waals surface area contributed by atoms with Crippen molar-refractivity contribution in [1.29, 1.82) is 0 Å². The van der Waals surface area contributed by atoms with Crippen LogP contribution in [0.4, 0.5) is 0 Å². The van der Waals surface area contributed by atoms with Gasteiger partial charge in [-0.1, -0.05) is 47.6 Å². The summed E-state index contributed by atoms with van der Waals surface area (Å²) in [6, 6.07) is 12.0. The fourth-order valence-corrected chi connectivity index (χ4v) is 5.23. The lowest BCUT2D eigenvalue weighted by atomic mass is 10.2. The molecule has 0 spiro atoms. The lowest BCUT2D eigenvalue weighted by Gasteiger charge is -2.02. The van der Waals surface area contributed by atoms with E-state index in [0.717, 1.165) is 44.4 Å². The molecule has 3 heterocycles. The zero-order valence-corrected chi connectivity index (χ0v) is 17.1. The maximum Gasteiger partial charge on any atom is 0.191 e. The normalized spacial score (nSPS) is 11.2. The number of thiophene rings is 1. The van der Waals surface area contributed by atoms with E-state index in [9.17, 15) is 0 Å². The molecule has 4 rings (SSSR count). The molecule has 0 atom stereocenters. The van der Waals surface area contributed by atoms with Crippen LogP contribution < -0.4 is 0 Å². The van der Waals surface area contributed by atoms with Crippen LogP contribution in [0.15, 0.2) is 52.3 Å². The fraction of sp³-hybridized carbons (Fsp3) is 0.167. The standard InChI is InChI=1S/C18H15ClN4S3/c1-23-16(9-13-5-4-8-24-13)21-22-18(23)26-11-12-10-25-17(20-12)14-6-2-3-7-15(14)19/h2-8,10H,9,11H2,1H3. The molecular formula is C18H15ClN4S3. The first-order valence-corrected chi connectivity index (χ1v) is 11.1. The number of hydrogen-bond donors (Lipinski definition) is 0. The average Bonchev–Trinajstić information content (AvgIpc) is 3.38. The molecule has 0 unspecified atom stereocenters. The lowest BCUT2D eigenvalue weighted by Crippen LogP contribution is -1.99. The summed E-state index contributed by atoms with van der Waals surface area (Å²) in [5.41, 5.74) is 2.00. The van der Waals surface area contributed by atoms with E-state index >= 15 is 0 Å². The SMILES string of the molecule is Cn1c(Cc2cccs2)nnc1SCc1csc(-c2ccccc2Cl)n1. The van der Waals surface area contributed by atoms with Crippen LogP contribution in [0.25, 0.3) is 10.6 Å². The van der Waals surface area contributed by atoms with Crippen LogP contribution in [0.5, 0.6) is 0 Å². The first kappa shape index (κ1) is 17.7. The molecule has 0 fully saturated rings. The van der Waals surface area contributed by atoms with Crippen LogP contribution >= 0.6 is 46.0 Å². The van der Waals surface area contributed by atoms with E-state index in [0.29, 0.717) is 0 Å². The Balaban J connectivity index is 1.44. The summed E-state index contributed by atoms with van der Waals surface area (Å²) in [5.74, 6) is 1.73. The number of halogens is 1. The molecule has 4 nitrogen and oxygen atoms in total. The lowest BCUT2D eigenvalue weighted by molar-refractivity contribution is 0.750. The van der Waals surface area contributed by atoms with Crippen molar-refractivity contribution in [2.24, 2.45) is 7.05 Å². The van der Waals surface area contributed by atoms with E-state index in [4.69, 9.17) is 16.6 Å². The van der Waals surface area contributed by atoms with Crippen molar-refractivity contribution in [2.75, 3.05) is 0 Å². The highest BCUT2D eigenvalue weighted by molar-refractivity contribution is 7.98. The second kappa shape index (κ2) is 7.92. The number of benzene rings is 1. The van der Waals surface area contributed by atoms with Gasteiger partial charge >= 0.3 is 0 Å². The minimum absolute atomic E-state index is 0.729. The van der Waals surface area contributed by atoms with Crippen molar-refractivity contribution < 1.29 is 0 Å². The molecule has 1 aromatic carbocycles. The van der Waals surface area contributed by atoms with Crippen molar-refractivity contribution in [1.82, 2.24) is 19.7 Å². The number of thiazole rings is 1. The van der Waals surface area contributed by atoms with E-state index in [1.807, 2.05) is 31.3 Å². The van der Waals surface area contributed by atoms with Gasteiger partial charge in [-0.05, 0) is 17.5 Å². The molecule has 0 saturated heterocycles. The molecule has 0 saturated carbocycles. The van der Waals surface area contributed by atoms with Crippen LogP contribution in [0, 0.1) is 0 Å². The van der Waals surface area contributed by atoms with E-state index in [1.165, 1.54) is 4.88 Å². The first-order valence-electron chi connectivity index (χ1n) is 7.93. The van der Waals surface area contributed by atoms with E-state index < -0.39 is 0 Å². The van der Waals surface area contributed by atoms with Crippen LogP contribution in [0.1, 0.15) is 16.4 Å². The summed E-state index contributed by atoms with van der Waals surface area (Å²) in [4.78, 5) is 6.00. The van der Waals surface area contributed by atoms with E-state index in [1.54, 1.807) is 34.4 Å². The quantitative estimate of drug-likeness (QED) is 0.386. The molecule has 0 N–H and O–H groups in total. The Morgan fingerprint density at radius 2 is 2.00 bits per heavy atom. The van der Waals surface area contributed by atoms with Crippen molar-refractivity contribution in [3.63, 3.8) is 0 Å². The third kappa shape index (κ3) is 3.86. The molecule has 132 valence electrons. The number of rotatable bonds is 6. The number of aromatic nitrogens is 4. The number of thioether (sulfide) groups is 1. The summed E-state index contributed by atoms with van der Waals surface area (Å²) in [6.45, 7) is 0. The van der Waals surface area contributed by atoms with Crippen LogP contribution in [-0.4, -0.2) is 19.7 Å². The first-order chi connectivity index (χ1) is 12.7. The number of hydrogen-bond acceptors (Lipinski definition) is 6. The maximum absolute atomic E-state index is 6.26. The van der Waals surface area contributed by atoms with Gasteiger partial charge in [0.05, 0.1) is 10.7 Å². The van der Waals surface area contributed by atoms with Gasteiger partial charge in [0.1, 0.15) is 10.8 Å². The summed E-state index contributed by atoms with van der Waals surface area (Å²) in [6.07, 6.45) is 0.815. The fourth-order valence-electron chi connectivity index (χ4n) is 2.46. The Morgan fingerprint density at radius 3 is 2.81 bits per heavy atom. The molecule has 0 bridgehead atoms. The Bertz CT molecular complexity index is 1010. The van der Waals surface area contributed by atoms with Gasteiger partial charge in [-0.2, -0.15) is 0 Å². The van der Waals surface area contributed by atoms with Gasteiger partial charge in [0.15, 0.2) is 5.16 Å². The van der Waals surface area contributed by atoms with Crippen molar-refractivity contribution in [3.8, 4) is 10.6 Å². The van der Waals surface area contributed by atoms with Gasteiger partial charge in [0, 0.05) is 35.0 Å². The van der Waals surface area contributed by atoms with Gasteiger partial charge in [0.25, 0.3) is 0 Å². The summed E-state index contributed by atoms with van der Waals surface area (Å²) in [7, 11) is 2.02. The van der Waals surface area contributed by atoms with Crippen molar-refractivity contribution >= 4 is 46.0 Å². The Labute approximate surface area is 168 Å². The summed E-state index contributed by atoms with van der Waals surface area (Å²) >= 11 is 11.3.